The van der Waals surface area contributed by atoms with Gasteiger partial charge in [0, 0.05) is 25.6 Å². The summed E-state index contributed by atoms with van der Waals surface area (Å²) in [5.74, 6) is 0.164. The molecule has 0 amide bonds. The van der Waals surface area contributed by atoms with E-state index in [0.717, 1.165) is 28.8 Å². The highest BCUT2D eigenvalue weighted by molar-refractivity contribution is 5.42. The van der Waals surface area contributed by atoms with Crippen molar-refractivity contribution in [1.29, 1.82) is 0 Å². The number of benzene rings is 3. The van der Waals surface area contributed by atoms with Gasteiger partial charge in [-0.1, -0.05) is 85.8 Å². The first kappa shape index (κ1) is 28.2. The molecule has 41 heavy (non-hydrogen) atoms. The molecule has 0 radical (unpaired) electrons. The molecule has 0 saturated heterocycles. The lowest BCUT2D eigenvalue weighted by Crippen LogP contribution is -2.42. The molecular formula is C33H31F3N4O. The molecule has 3 aromatic carbocycles. The van der Waals surface area contributed by atoms with Gasteiger partial charge in [-0.3, -0.25) is 14.3 Å². The molecule has 0 saturated carbocycles. The molecule has 0 bridgehead atoms. The van der Waals surface area contributed by atoms with Gasteiger partial charge in [-0.05, 0) is 41.5 Å². The summed E-state index contributed by atoms with van der Waals surface area (Å²) in [6.45, 7) is 10.5. The molecule has 2 unspecified atom stereocenters. The Bertz CT molecular complexity index is 1540. The van der Waals surface area contributed by atoms with E-state index in [4.69, 9.17) is 4.98 Å². The molecule has 8 heteroatoms. The smallest absolute Gasteiger partial charge is 0.291 e. The van der Waals surface area contributed by atoms with E-state index in [9.17, 15) is 18.0 Å². The molecule has 1 aromatic heterocycles. The molecule has 2 heterocycles. The van der Waals surface area contributed by atoms with E-state index in [1.807, 2.05) is 67.6 Å². The zero-order chi connectivity index (χ0) is 29.1. The summed E-state index contributed by atoms with van der Waals surface area (Å²) in [6, 6.07) is 23.9. The number of aromatic nitrogens is 2. The molecule has 4 aromatic rings. The van der Waals surface area contributed by atoms with Gasteiger partial charge in [0.1, 0.15) is 0 Å². The number of alkyl halides is 3. The largest absolute Gasteiger partial charge is 0.416 e. The topological polar surface area (TPSA) is 50.5 Å². The predicted molar refractivity (Wildman–Crippen MR) is 155 cm³/mol. The Kier molecular flexibility index (Phi) is 8.03. The quantitative estimate of drug-likeness (QED) is 0.171. The Hall–Kier alpha value is -4.30. The monoisotopic (exact) mass is 556 g/mol. The Labute approximate surface area is 237 Å². The summed E-state index contributed by atoms with van der Waals surface area (Å²) in [5, 5.41) is 0. The number of fused-ring (bicyclic) bond motifs is 1. The van der Waals surface area contributed by atoms with Crippen LogP contribution in [0, 0.1) is 5.92 Å². The summed E-state index contributed by atoms with van der Waals surface area (Å²) in [7, 11) is 0. The van der Waals surface area contributed by atoms with Crippen LogP contribution in [-0.4, -0.2) is 27.7 Å². The van der Waals surface area contributed by atoms with E-state index in [0.29, 0.717) is 30.8 Å². The van der Waals surface area contributed by atoms with Crippen molar-refractivity contribution in [2.45, 2.75) is 38.1 Å². The van der Waals surface area contributed by atoms with Gasteiger partial charge in [-0.15, -0.1) is 6.58 Å². The summed E-state index contributed by atoms with van der Waals surface area (Å²) < 4.78 is 41.3. The highest BCUT2D eigenvalue weighted by Crippen LogP contribution is 2.36. The first-order valence-electron chi connectivity index (χ1n) is 13.5. The zero-order valence-corrected chi connectivity index (χ0v) is 22.8. The summed E-state index contributed by atoms with van der Waals surface area (Å²) >= 11 is 0. The first-order valence-corrected chi connectivity index (χ1v) is 13.5. The van der Waals surface area contributed by atoms with Gasteiger partial charge in [0.2, 0.25) is 5.95 Å². The van der Waals surface area contributed by atoms with Crippen molar-refractivity contribution < 1.29 is 13.2 Å². The third-order valence-electron chi connectivity index (χ3n) is 7.75. The van der Waals surface area contributed by atoms with Crippen LogP contribution in [-0.2, 0) is 19.1 Å². The lowest BCUT2D eigenvalue weighted by molar-refractivity contribution is -0.137. The SMILES string of the molecule is C=CC(C)C(c1ccc(C(F)(F)F)cc1)N1CCc2nc(N=C)n(C(c3ccccc3)c3ccccc3)c(=O)c2C1. The second-order valence-electron chi connectivity index (χ2n) is 10.3. The Morgan fingerprint density at radius 3 is 2.02 bits per heavy atom. The fourth-order valence-electron chi connectivity index (χ4n) is 5.69. The minimum absolute atomic E-state index is 0.0843. The maximum absolute atomic E-state index is 14.3. The van der Waals surface area contributed by atoms with E-state index >= 15 is 0 Å². The molecule has 1 aliphatic rings. The molecule has 1 aliphatic heterocycles. The van der Waals surface area contributed by atoms with E-state index in [1.54, 1.807) is 10.6 Å². The number of nitrogens with zero attached hydrogens (tertiary/aromatic N) is 4. The predicted octanol–water partition coefficient (Wildman–Crippen LogP) is 7.15. The third kappa shape index (κ3) is 5.65. The van der Waals surface area contributed by atoms with E-state index in [1.165, 1.54) is 12.1 Å². The molecule has 2 atom stereocenters. The van der Waals surface area contributed by atoms with E-state index in [-0.39, 0.29) is 23.5 Å². The van der Waals surface area contributed by atoms with Crippen LogP contribution in [0.4, 0.5) is 19.1 Å². The lowest BCUT2D eigenvalue weighted by atomic mass is 9.90. The Morgan fingerprint density at radius 1 is 0.927 bits per heavy atom. The van der Waals surface area contributed by atoms with Gasteiger partial charge in [-0.25, -0.2) is 9.98 Å². The van der Waals surface area contributed by atoms with Gasteiger partial charge < -0.3 is 0 Å². The number of hydrogen-bond acceptors (Lipinski definition) is 4. The van der Waals surface area contributed by atoms with Crippen LogP contribution in [0.5, 0.6) is 0 Å². The van der Waals surface area contributed by atoms with Gasteiger partial charge >= 0.3 is 6.18 Å². The number of rotatable bonds is 8. The van der Waals surface area contributed by atoms with Crippen molar-refractivity contribution in [3.63, 3.8) is 0 Å². The summed E-state index contributed by atoms with van der Waals surface area (Å²) in [5.41, 5.74) is 2.86. The summed E-state index contributed by atoms with van der Waals surface area (Å²) in [4.78, 5) is 25.4. The zero-order valence-electron chi connectivity index (χ0n) is 22.8. The molecule has 0 aliphatic carbocycles. The molecule has 5 rings (SSSR count). The maximum atomic E-state index is 14.3. The van der Waals surface area contributed by atoms with Crippen LogP contribution in [0.25, 0.3) is 0 Å². The van der Waals surface area contributed by atoms with Gasteiger partial charge in [0.25, 0.3) is 5.56 Å². The minimum atomic E-state index is -4.41. The molecule has 210 valence electrons. The fraction of sp³-hybridized carbons (Fsp3) is 0.242. The fourth-order valence-corrected chi connectivity index (χ4v) is 5.69. The van der Waals surface area contributed by atoms with Crippen molar-refractivity contribution in [2.24, 2.45) is 10.9 Å². The third-order valence-corrected chi connectivity index (χ3v) is 7.75. The highest BCUT2D eigenvalue weighted by atomic mass is 19.4. The second-order valence-corrected chi connectivity index (χ2v) is 10.3. The van der Waals surface area contributed by atoms with Crippen molar-refractivity contribution in [1.82, 2.24) is 14.5 Å². The molecule has 5 nitrogen and oxygen atoms in total. The standard InChI is InChI=1S/C33H31F3N4O/c1-4-22(2)29(25-15-17-26(18-16-25)33(34,35)36)39-20-19-28-27(21-39)31(41)40(32(37-3)38-28)30(23-11-7-5-8-12-23)24-13-9-6-10-14-24/h4-18,22,29-30H,1,3,19-21H2,2H3. The minimum Gasteiger partial charge on any atom is -0.291 e. The maximum Gasteiger partial charge on any atom is 0.416 e. The number of halogens is 3. The van der Waals surface area contributed by atoms with Gasteiger partial charge in [0.05, 0.1) is 22.9 Å². The van der Waals surface area contributed by atoms with Crippen molar-refractivity contribution in [3.05, 3.63) is 141 Å². The lowest BCUT2D eigenvalue weighted by Gasteiger charge is -2.38. The van der Waals surface area contributed by atoms with Crippen molar-refractivity contribution in [2.75, 3.05) is 6.54 Å². The van der Waals surface area contributed by atoms with E-state index in [2.05, 4.69) is 23.2 Å². The van der Waals surface area contributed by atoms with Crippen LogP contribution in [0.3, 0.4) is 0 Å². The number of aliphatic imine (C=N–C) groups is 1. The normalized spacial score (nSPS) is 15.2. The van der Waals surface area contributed by atoms with Crippen LogP contribution in [0.1, 0.15) is 52.5 Å². The van der Waals surface area contributed by atoms with Crippen LogP contribution in [0.15, 0.2) is 107 Å². The average molecular weight is 557 g/mol. The first-order chi connectivity index (χ1) is 19.7. The average Bonchev–Trinajstić information content (AvgIpc) is 2.99. The summed E-state index contributed by atoms with van der Waals surface area (Å²) in [6.07, 6.45) is -2.12. The van der Waals surface area contributed by atoms with Crippen LogP contribution < -0.4 is 5.56 Å². The molecular weight excluding hydrogens is 525 g/mol. The molecule has 0 N–H and O–H groups in total. The van der Waals surface area contributed by atoms with Gasteiger partial charge in [0.15, 0.2) is 0 Å². The molecule has 0 spiro atoms. The van der Waals surface area contributed by atoms with Crippen LogP contribution >= 0.6 is 0 Å². The Balaban J connectivity index is 1.60. The van der Waals surface area contributed by atoms with E-state index < -0.39 is 17.8 Å². The second kappa shape index (κ2) is 11.7. The number of hydrogen-bond donors (Lipinski definition) is 0. The highest BCUT2D eigenvalue weighted by Gasteiger charge is 2.34. The molecule has 0 fully saturated rings. The van der Waals surface area contributed by atoms with Crippen molar-refractivity contribution >= 4 is 12.7 Å². The van der Waals surface area contributed by atoms with Gasteiger partial charge in [-0.2, -0.15) is 13.2 Å². The van der Waals surface area contributed by atoms with Crippen LogP contribution in [0.2, 0.25) is 0 Å². The Morgan fingerprint density at radius 2 is 1.51 bits per heavy atom. The van der Waals surface area contributed by atoms with Crippen molar-refractivity contribution in [3.8, 4) is 0 Å².